The highest BCUT2D eigenvalue weighted by Gasteiger charge is 2.13. The van der Waals surface area contributed by atoms with E-state index in [0.717, 1.165) is 31.0 Å². The van der Waals surface area contributed by atoms with Crippen molar-refractivity contribution >= 4 is 5.97 Å². The first-order valence-electron chi connectivity index (χ1n) is 6.88. The van der Waals surface area contributed by atoms with Gasteiger partial charge >= 0.3 is 5.97 Å². The van der Waals surface area contributed by atoms with E-state index < -0.39 is 5.97 Å². The van der Waals surface area contributed by atoms with Gasteiger partial charge in [-0.3, -0.25) is 4.79 Å². The molecule has 1 saturated heterocycles. The third-order valence-electron chi connectivity index (χ3n) is 3.44. The van der Waals surface area contributed by atoms with E-state index in [4.69, 9.17) is 9.84 Å². The number of carboxylic acid groups (broad SMARTS) is 1. The number of hydrogen-bond acceptors (Lipinski definition) is 3. The van der Waals surface area contributed by atoms with E-state index in [1.807, 2.05) is 24.3 Å². The summed E-state index contributed by atoms with van der Waals surface area (Å²) in [6.07, 6.45) is 3.20. The van der Waals surface area contributed by atoms with Crippen molar-refractivity contribution in [2.75, 3.05) is 19.7 Å². The molecule has 1 aliphatic heterocycles. The Morgan fingerprint density at radius 1 is 1.37 bits per heavy atom. The molecule has 0 saturated carbocycles. The fraction of sp³-hybridized carbons (Fsp3) is 0.533. The largest absolute Gasteiger partial charge is 0.493 e. The minimum Gasteiger partial charge on any atom is -0.493 e. The van der Waals surface area contributed by atoms with E-state index in [0.29, 0.717) is 12.3 Å². The van der Waals surface area contributed by atoms with Gasteiger partial charge in [-0.2, -0.15) is 0 Å². The Labute approximate surface area is 113 Å². The van der Waals surface area contributed by atoms with Crippen LogP contribution in [0, 0.1) is 5.92 Å². The number of piperidine rings is 1. The van der Waals surface area contributed by atoms with E-state index in [-0.39, 0.29) is 6.42 Å². The second kappa shape index (κ2) is 7.14. The second-order valence-electron chi connectivity index (χ2n) is 5.06. The number of carboxylic acids is 1. The van der Waals surface area contributed by atoms with Gasteiger partial charge in [0.25, 0.3) is 0 Å². The zero-order valence-electron chi connectivity index (χ0n) is 11.1. The second-order valence-corrected chi connectivity index (χ2v) is 5.06. The predicted molar refractivity (Wildman–Crippen MR) is 73.5 cm³/mol. The van der Waals surface area contributed by atoms with Crippen LogP contribution < -0.4 is 10.1 Å². The molecule has 1 aromatic rings. The zero-order valence-corrected chi connectivity index (χ0v) is 11.1. The van der Waals surface area contributed by atoms with Gasteiger partial charge in [-0.25, -0.2) is 0 Å². The minimum absolute atomic E-state index is 0.175. The number of aryl methyl sites for hydroxylation is 1. The average molecular weight is 263 g/mol. The van der Waals surface area contributed by atoms with Crippen LogP contribution in [0.1, 0.15) is 24.8 Å². The summed E-state index contributed by atoms with van der Waals surface area (Å²) < 4.78 is 5.77. The molecule has 1 fully saturated rings. The van der Waals surface area contributed by atoms with Crippen LogP contribution >= 0.6 is 0 Å². The van der Waals surface area contributed by atoms with Gasteiger partial charge in [-0.1, -0.05) is 12.1 Å². The van der Waals surface area contributed by atoms with Crippen molar-refractivity contribution in [3.63, 3.8) is 0 Å². The quantitative estimate of drug-likeness (QED) is 0.825. The fourth-order valence-corrected chi connectivity index (χ4v) is 2.28. The molecule has 104 valence electrons. The smallest absolute Gasteiger partial charge is 0.303 e. The first-order chi connectivity index (χ1) is 9.24. The highest BCUT2D eigenvalue weighted by molar-refractivity contribution is 5.67. The molecule has 2 N–H and O–H groups in total. The molecule has 0 bridgehead atoms. The lowest BCUT2D eigenvalue weighted by Gasteiger charge is -2.22. The van der Waals surface area contributed by atoms with Crippen molar-refractivity contribution in [3.8, 4) is 5.75 Å². The molecule has 0 amide bonds. The van der Waals surface area contributed by atoms with E-state index in [2.05, 4.69) is 5.32 Å². The van der Waals surface area contributed by atoms with Crippen LogP contribution in [0.3, 0.4) is 0 Å². The molecule has 1 heterocycles. The highest BCUT2D eigenvalue weighted by atomic mass is 16.5. The van der Waals surface area contributed by atoms with Gasteiger partial charge in [0.05, 0.1) is 6.61 Å². The van der Waals surface area contributed by atoms with Crippen molar-refractivity contribution in [2.45, 2.75) is 25.7 Å². The van der Waals surface area contributed by atoms with Crippen LogP contribution in [0.25, 0.3) is 0 Å². The van der Waals surface area contributed by atoms with Crippen LogP contribution in [-0.4, -0.2) is 30.8 Å². The molecule has 4 nitrogen and oxygen atoms in total. The van der Waals surface area contributed by atoms with Crippen molar-refractivity contribution < 1.29 is 14.6 Å². The van der Waals surface area contributed by atoms with Gasteiger partial charge in [0.2, 0.25) is 0 Å². The van der Waals surface area contributed by atoms with Gasteiger partial charge in [0, 0.05) is 18.9 Å². The van der Waals surface area contributed by atoms with Gasteiger partial charge in [0.15, 0.2) is 0 Å². The Bertz CT molecular complexity index is 396. The third-order valence-corrected chi connectivity index (χ3v) is 3.44. The van der Waals surface area contributed by atoms with Gasteiger partial charge < -0.3 is 15.2 Å². The van der Waals surface area contributed by atoms with Crippen molar-refractivity contribution in [3.05, 3.63) is 29.8 Å². The lowest BCUT2D eigenvalue weighted by atomic mass is 10.0. The lowest BCUT2D eigenvalue weighted by molar-refractivity contribution is -0.136. The lowest BCUT2D eigenvalue weighted by Crippen LogP contribution is -2.33. The summed E-state index contributed by atoms with van der Waals surface area (Å²) in [7, 11) is 0. The predicted octanol–water partition coefficient (Wildman–Crippen LogP) is 2.08. The number of rotatable bonds is 6. The Hall–Kier alpha value is -1.55. The summed E-state index contributed by atoms with van der Waals surface area (Å²) in [5, 5.41) is 12.0. The van der Waals surface area contributed by atoms with Crippen molar-refractivity contribution in [1.29, 1.82) is 0 Å². The van der Waals surface area contributed by atoms with Crippen LogP contribution in [0.2, 0.25) is 0 Å². The summed E-state index contributed by atoms with van der Waals surface area (Å²) in [5.74, 6) is 0.704. The number of aliphatic carboxylic acids is 1. The third kappa shape index (κ3) is 4.91. The van der Waals surface area contributed by atoms with E-state index in [1.165, 1.54) is 12.8 Å². The first kappa shape index (κ1) is 13.9. The van der Waals surface area contributed by atoms with Crippen LogP contribution in [0.15, 0.2) is 24.3 Å². The topological polar surface area (TPSA) is 58.6 Å². The molecule has 19 heavy (non-hydrogen) atoms. The number of nitrogens with one attached hydrogen (secondary N) is 1. The minimum atomic E-state index is -0.759. The number of ether oxygens (including phenoxy) is 1. The van der Waals surface area contributed by atoms with Gasteiger partial charge in [-0.05, 0) is 43.5 Å². The van der Waals surface area contributed by atoms with Crippen LogP contribution in [0.4, 0.5) is 0 Å². The normalized spacial score (nSPS) is 19.1. The summed E-state index contributed by atoms with van der Waals surface area (Å²) >= 11 is 0. The molecule has 1 aromatic carbocycles. The van der Waals surface area contributed by atoms with E-state index >= 15 is 0 Å². The Morgan fingerprint density at radius 2 is 2.16 bits per heavy atom. The summed E-state index contributed by atoms with van der Waals surface area (Å²) in [5.41, 5.74) is 1.04. The van der Waals surface area contributed by atoms with Crippen LogP contribution in [0.5, 0.6) is 5.75 Å². The molecule has 2 rings (SSSR count). The maximum Gasteiger partial charge on any atom is 0.303 e. The Kier molecular flexibility index (Phi) is 5.21. The maximum absolute atomic E-state index is 10.5. The molecule has 1 unspecified atom stereocenters. The first-order valence-corrected chi connectivity index (χ1v) is 6.88. The number of carbonyl (C=O) groups is 1. The summed E-state index contributed by atoms with van der Waals surface area (Å²) in [6, 6.07) is 7.73. The van der Waals surface area contributed by atoms with Gasteiger partial charge in [-0.15, -0.1) is 0 Å². The van der Waals surface area contributed by atoms with Crippen LogP contribution in [-0.2, 0) is 11.2 Å². The van der Waals surface area contributed by atoms with Gasteiger partial charge in [0.1, 0.15) is 5.75 Å². The number of benzene rings is 1. The molecule has 1 aliphatic rings. The van der Waals surface area contributed by atoms with Crippen molar-refractivity contribution in [2.24, 2.45) is 5.92 Å². The molecule has 0 aromatic heterocycles. The standard InChI is InChI=1S/C15H21NO3/c17-15(18)8-5-12-3-6-14(7-4-12)19-11-13-2-1-9-16-10-13/h3-4,6-7,13,16H,1-2,5,8-11H2,(H,17,18). The highest BCUT2D eigenvalue weighted by Crippen LogP contribution is 2.16. The number of hydrogen-bond donors (Lipinski definition) is 2. The maximum atomic E-state index is 10.5. The van der Waals surface area contributed by atoms with E-state index in [1.54, 1.807) is 0 Å². The van der Waals surface area contributed by atoms with E-state index in [9.17, 15) is 4.79 Å². The van der Waals surface area contributed by atoms with Crippen molar-refractivity contribution in [1.82, 2.24) is 5.32 Å². The summed E-state index contributed by atoms with van der Waals surface area (Å²) in [6.45, 7) is 2.91. The molecule has 0 radical (unpaired) electrons. The Balaban J connectivity index is 1.76. The molecule has 4 heteroatoms. The summed E-state index contributed by atoms with van der Waals surface area (Å²) in [4.78, 5) is 10.5. The SMILES string of the molecule is O=C(O)CCc1ccc(OCC2CCCNC2)cc1. The molecule has 0 spiro atoms. The zero-order chi connectivity index (χ0) is 13.5. The molecule has 1 atom stereocenters. The monoisotopic (exact) mass is 263 g/mol. The molecule has 0 aliphatic carbocycles. The molecular weight excluding hydrogens is 242 g/mol. The fourth-order valence-electron chi connectivity index (χ4n) is 2.28. The molecular formula is C15H21NO3. The average Bonchev–Trinajstić information content (AvgIpc) is 2.45. The Morgan fingerprint density at radius 3 is 2.79 bits per heavy atom.